The number of fused-ring (bicyclic) bond motifs is 1. The molecule has 0 aliphatic carbocycles. The number of nitrogens with zero attached hydrogens (tertiary/aromatic N) is 1. The Morgan fingerprint density at radius 3 is 2.89 bits per heavy atom. The van der Waals surface area contributed by atoms with E-state index in [1.165, 1.54) is 0 Å². The van der Waals surface area contributed by atoms with Crippen molar-refractivity contribution in [2.75, 3.05) is 11.1 Å². The standard InChI is InChI=1S/C14H12ClN3O/c15-11-4-2-1-3-9(11)8-17-14-18-12-6-5-10(16)7-13(12)19-14/h1-7H,8,16H2,(H,17,18). The molecule has 5 heteroatoms. The molecule has 3 aromatic rings. The van der Waals surface area contributed by atoms with Gasteiger partial charge in [-0.15, -0.1) is 0 Å². The summed E-state index contributed by atoms with van der Waals surface area (Å²) in [5, 5.41) is 3.83. The molecular weight excluding hydrogens is 262 g/mol. The molecule has 3 rings (SSSR count). The van der Waals surface area contributed by atoms with E-state index in [0.29, 0.717) is 23.8 Å². The molecule has 0 bridgehead atoms. The molecule has 1 heterocycles. The molecule has 0 saturated carbocycles. The molecule has 0 saturated heterocycles. The van der Waals surface area contributed by atoms with Crippen LogP contribution in [-0.4, -0.2) is 4.98 Å². The van der Waals surface area contributed by atoms with Crippen molar-refractivity contribution in [2.45, 2.75) is 6.54 Å². The lowest BCUT2D eigenvalue weighted by molar-refractivity contribution is 0.614. The second-order valence-corrected chi connectivity index (χ2v) is 4.60. The van der Waals surface area contributed by atoms with Gasteiger partial charge in [0.25, 0.3) is 6.01 Å². The van der Waals surface area contributed by atoms with Crippen LogP contribution in [-0.2, 0) is 6.54 Å². The fraction of sp³-hybridized carbons (Fsp3) is 0.0714. The molecular formula is C14H12ClN3O. The van der Waals surface area contributed by atoms with E-state index in [1.807, 2.05) is 30.3 Å². The molecule has 3 N–H and O–H groups in total. The van der Waals surface area contributed by atoms with Gasteiger partial charge in [0.2, 0.25) is 0 Å². The van der Waals surface area contributed by atoms with E-state index in [0.717, 1.165) is 16.1 Å². The van der Waals surface area contributed by atoms with Crippen LogP contribution in [0.2, 0.25) is 5.02 Å². The summed E-state index contributed by atoms with van der Waals surface area (Å²) in [7, 11) is 0. The van der Waals surface area contributed by atoms with Crippen LogP contribution in [0.1, 0.15) is 5.56 Å². The molecule has 19 heavy (non-hydrogen) atoms. The molecule has 0 unspecified atom stereocenters. The third-order valence-electron chi connectivity index (χ3n) is 2.80. The molecule has 0 aliphatic heterocycles. The summed E-state index contributed by atoms with van der Waals surface area (Å²) < 4.78 is 5.57. The van der Waals surface area contributed by atoms with E-state index in [2.05, 4.69) is 10.3 Å². The van der Waals surface area contributed by atoms with Gasteiger partial charge >= 0.3 is 0 Å². The van der Waals surface area contributed by atoms with Gasteiger partial charge in [0.1, 0.15) is 5.52 Å². The van der Waals surface area contributed by atoms with E-state index in [1.54, 1.807) is 12.1 Å². The number of oxazole rings is 1. The highest BCUT2D eigenvalue weighted by Gasteiger charge is 2.06. The quantitative estimate of drug-likeness (QED) is 0.715. The van der Waals surface area contributed by atoms with Gasteiger partial charge in [-0.1, -0.05) is 29.8 Å². The Balaban J connectivity index is 1.80. The predicted molar refractivity (Wildman–Crippen MR) is 77.2 cm³/mol. The Labute approximate surface area is 115 Å². The molecule has 96 valence electrons. The first kappa shape index (κ1) is 11.9. The van der Waals surface area contributed by atoms with Gasteiger partial charge in [-0.3, -0.25) is 0 Å². The zero-order valence-corrected chi connectivity index (χ0v) is 10.8. The Kier molecular flexibility index (Phi) is 3.01. The molecule has 1 aromatic heterocycles. The minimum Gasteiger partial charge on any atom is -0.423 e. The lowest BCUT2D eigenvalue weighted by Crippen LogP contribution is -1.99. The van der Waals surface area contributed by atoms with Crippen molar-refractivity contribution >= 4 is 34.4 Å². The number of nitrogen functional groups attached to an aromatic ring is 1. The normalized spacial score (nSPS) is 10.8. The van der Waals surface area contributed by atoms with Crippen LogP contribution >= 0.6 is 11.6 Å². The molecule has 0 aliphatic rings. The van der Waals surface area contributed by atoms with Gasteiger partial charge in [0.05, 0.1) is 0 Å². The average Bonchev–Trinajstić information content (AvgIpc) is 2.79. The van der Waals surface area contributed by atoms with E-state index in [9.17, 15) is 0 Å². The van der Waals surface area contributed by atoms with Crippen LogP contribution in [0.5, 0.6) is 0 Å². The first-order valence-electron chi connectivity index (χ1n) is 5.86. The fourth-order valence-corrected chi connectivity index (χ4v) is 2.03. The number of nitrogens with two attached hydrogens (primary N) is 1. The minimum atomic E-state index is 0.459. The second kappa shape index (κ2) is 4.82. The van der Waals surface area contributed by atoms with E-state index in [4.69, 9.17) is 21.8 Å². The summed E-state index contributed by atoms with van der Waals surface area (Å²) in [6, 6.07) is 13.5. The third kappa shape index (κ3) is 2.48. The Morgan fingerprint density at radius 2 is 2.05 bits per heavy atom. The molecule has 0 radical (unpaired) electrons. The van der Waals surface area contributed by atoms with E-state index < -0.39 is 0 Å². The summed E-state index contributed by atoms with van der Waals surface area (Å²) in [6.07, 6.45) is 0. The monoisotopic (exact) mass is 273 g/mol. The molecule has 4 nitrogen and oxygen atoms in total. The first-order valence-corrected chi connectivity index (χ1v) is 6.23. The maximum atomic E-state index is 6.08. The number of aromatic nitrogens is 1. The number of hydrogen-bond donors (Lipinski definition) is 2. The number of nitrogens with one attached hydrogen (secondary N) is 1. The number of benzene rings is 2. The van der Waals surface area contributed by atoms with Gasteiger partial charge in [0, 0.05) is 23.3 Å². The molecule has 0 spiro atoms. The first-order chi connectivity index (χ1) is 9.22. The van der Waals surface area contributed by atoms with Crippen molar-refractivity contribution in [1.82, 2.24) is 4.98 Å². The van der Waals surface area contributed by atoms with Crippen molar-refractivity contribution in [3.63, 3.8) is 0 Å². The van der Waals surface area contributed by atoms with Crippen LogP contribution in [0, 0.1) is 0 Å². The smallest absolute Gasteiger partial charge is 0.295 e. The molecule has 2 aromatic carbocycles. The summed E-state index contributed by atoms with van der Waals surface area (Å²) in [4.78, 5) is 4.32. The highest BCUT2D eigenvalue weighted by atomic mass is 35.5. The topological polar surface area (TPSA) is 64.1 Å². The van der Waals surface area contributed by atoms with Crippen LogP contribution in [0.25, 0.3) is 11.1 Å². The Bertz CT molecular complexity index is 724. The van der Waals surface area contributed by atoms with Crippen molar-refractivity contribution < 1.29 is 4.42 Å². The van der Waals surface area contributed by atoms with Crippen LogP contribution < -0.4 is 11.1 Å². The lowest BCUT2D eigenvalue weighted by atomic mass is 10.2. The summed E-state index contributed by atoms with van der Waals surface area (Å²) in [5.41, 5.74) is 8.78. The maximum absolute atomic E-state index is 6.08. The SMILES string of the molecule is Nc1ccc2nc(NCc3ccccc3Cl)oc2c1. The largest absolute Gasteiger partial charge is 0.423 e. The van der Waals surface area contributed by atoms with Crippen molar-refractivity contribution in [3.05, 3.63) is 53.1 Å². The van der Waals surface area contributed by atoms with E-state index in [-0.39, 0.29) is 0 Å². The zero-order valence-electron chi connectivity index (χ0n) is 10.1. The van der Waals surface area contributed by atoms with Crippen LogP contribution in [0.4, 0.5) is 11.7 Å². The summed E-state index contributed by atoms with van der Waals surface area (Å²) in [5.74, 6) is 0. The fourth-order valence-electron chi connectivity index (χ4n) is 1.83. The van der Waals surface area contributed by atoms with E-state index >= 15 is 0 Å². The Hall–Kier alpha value is -2.20. The van der Waals surface area contributed by atoms with Crippen molar-refractivity contribution in [1.29, 1.82) is 0 Å². The van der Waals surface area contributed by atoms with Gasteiger partial charge in [0.15, 0.2) is 5.58 Å². The predicted octanol–water partition coefficient (Wildman–Crippen LogP) is 3.68. The summed E-state index contributed by atoms with van der Waals surface area (Å²) >= 11 is 6.08. The minimum absolute atomic E-state index is 0.459. The number of halogens is 1. The van der Waals surface area contributed by atoms with Crippen LogP contribution in [0.15, 0.2) is 46.9 Å². The molecule has 0 fully saturated rings. The van der Waals surface area contributed by atoms with Gasteiger partial charge in [-0.2, -0.15) is 4.98 Å². The third-order valence-corrected chi connectivity index (χ3v) is 3.17. The van der Waals surface area contributed by atoms with Crippen LogP contribution in [0.3, 0.4) is 0 Å². The maximum Gasteiger partial charge on any atom is 0.295 e. The molecule has 0 atom stereocenters. The number of rotatable bonds is 3. The number of hydrogen-bond acceptors (Lipinski definition) is 4. The zero-order chi connectivity index (χ0) is 13.2. The lowest BCUT2D eigenvalue weighted by Gasteiger charge is -2.03. The molecule has 0 amide bonds. The van der Waals surface area contributed by atoms with Gasteiger partial charge in [-0.25, -0.2) is 0 Å². The van der Waals surface area contributed by atoms with Gasteiger partial charge in [-0.05, 0) is 23.8 Å². The highest BCUT2D eigenvalue weighted by Crippen LogP contribution is 2.22. The summed E-state index contributed by atoms with van der Waals surface area (Å²) in [6.45, 7) is 0.558. The highest BCUT2D eigenvalue weighted by molar-refractivity contribution is 6.31. The van der Waals surface area contributed by atoms with Crippen molar-refractivity contribution in [2.24, 2.45) is 0 Å². The average molecular weight is 274 g/mol. The van der Waals surface area contributed by atoms with Crippen molar-refractivity contribution in [3.8, 4) is 0 Å². The number of anilines is 2. The van der Waals surface area contributed by atoms with Gasteiger partial charge < -0.3 is 15.5 Å². The second-order valence-electron chi connectivity index (χ2n) is 4.19. The Morgan fingerprint density at radius 1 is 1.21 bits per heavy atom.